The average molecular weight is 280 g/mol. The van der Waals surface area contributed by atoms with Gasteiger partial charge in [-0.05, 0) is 13.0 Å². The van der Waals surface area contributed by atoms with Gasteiger partial charge in [-0.1, -0.05) is 6.07 Å². The van der Waals surface area contributed by atoms with Gasteiger partial charge in [0.1, 0.15) is 11.8 Å². The number of morpholine rings is 1. The maximum absolute atomic E-state index is 11.9. The fourth-order valence-corrected chi connectivity index (χ4v) is 2.36. The van der Waals surface area contributed by atoms with Crippen LogP contribution in [0.2, 0.25) is 0 Å². The van der Waals surface area contributed by atoms with Crippen LogP contribution >= 0.6 is 0 Å². The minimum atomic E-state index is -0.733. The summed E-state index contributed by atoms with van der Waals surface area (Å²) in [5.41, 5.74) is 1.21. The number of aliphatic hydroxyl groups excluding tert-OH is 1. The molecule has 2 unspecified atom stereocenters. The van der Waals surface area contributed by atoms with Crippen LogP contribution in [0.4, 0.5) is 5.69 Å². The Labute approximate surface area is 118 Å². The Morgan fingerprint density at radius 3 is 2.90 bits per heavy atom. The van der Waals surface area contributed by atoms with E-state index in [1.807, 2.05) is 4.90 Å². The standard InChI is InChI=1S/C14H20N2O4/c1-9(17)11-4-3-10(7-13(11)18)16-5-6-20-8-12(16)14(19)15-2/h3-4,7,9,12,17-18H,5-6,8H2,1-2H3,(H,15,19). The van der Waals surface area contributed by atoms with Crippen molar-refractivity contribution in [2.75, 3.05) is 31.7 Å². The van der Waals surface area contributed by atoms with Crippen molar-refractivity contribution in [2.45, 2.75) is 19.1 Å². The number of ether oxygens (including phenoxy) is 1. The monoisotopic (exact) mass is 280 g/mol. The molecule has 2 rings (SSSR count). The number of hydrogen-bond acceptors (Lipinski definition) is 5. The Kier molecular flexibility index (Phi) is 4.46. The highest BCUT2D eigenvalue weighted by Gasteiger charge is 2.29. The zero-order chi connectivity index (χ0) is 14.7. The lowest BCUT2D eigenvalue weighted by atomic mass is 10.1. The Morgan fingerprint density at radius 2 is 2.30 bits per heavy atom. The minimum Gasteiger partial charge on any atom is -0.507 e. The topological polar surface area (TPSA) is 82.0 Å². The first-order chi connectivity index (χ1) is 9.54. The molecule has 20 heavy (non-hydrogen) atoms. The van der Waals surface area contributed by atoms with Gasteiger partial charge in [-0.2, -0.15) is 0 Å². The molecule has 0 aromatic heterocycles. The number of hydrogen-bond donors (Lipinski definition) is 3. The van der Waals surface area contributed by atoms with Crippen LogP contribution in [0.25, 0.3) is 0 Å². The van der Waals surface area contributed by atoms with Gasteiger partial charge in [0.2, 0.25) is 5.91 Å². The summed E-state index contributed by atoms with van der Waals surface area (Å²) in [6, 6.07) is 4.63. The van der Waals surface area contributed by atoms with Gasteiger partial charge in [0.05, 0.1) is 19.3 Å². The number of aromatic hydroxyl groups is 1. The zero-order valence-electron chi connectivity index (χ0n) is 11.7. The quantitative estimate of drug-likeness (QED) is 0.746. The van der Waals surface area contributed by atoms with Gasteiger partial charge in [-0.15, -0.1) is 0 Å². The lowest BCUT2D eigenvalue weighted by Crippen LogP contribution is -2.53. The van der Waals surface area contributed by atoms with E-state index in [2.05, 4.69) is 5.32 Å². The third-order valence-corrected chi connectivity index (χ3v) is 3.47. The van der Waals surface area contributed by atoms with Crippen LogP contribution in [0.3, 0.4) is 0 Å². The predicted octanol–water partition coefficient (Wildman–Crippen LogP) is 0.397. The number of anilines is 1. The molecular formula is C14H20N2O4. The number of nitrogens with one attached hydrogen (secondary N) is 1. The molecule has 0 radical (unpaired) electrons. The summed E-state index contributed by atoms with van der Waals surface area (Å²) in [6.45, 7) is 3.02. The van der Waals surface area contributed by atoms with Gasteiger partial charge in [0.15, 0.2) is 0 Å². The van der Waals surface area contributed by atoms with E-state index in [4.69, 9.17) is 4.74 Å². The zero-order valence-corrected chi connectivity index (χ0v) is 11.7. The van der Waals surface area contributed by atoms with E-state index in [0.717, 1.165) is 5.69 Å². The first-order valence-electron chi connectivity index (χ1n) is 6.61. The van der Waals surface area contributed by atoms with Crippen molar-refractivity contribution in [3.05, 3.63) is 23.8 Å². The molecular weight excluding hydrogens is 260 g/mol. The summed E-state index contributed by atoms with van der Waals surface area (Å²) in [5, 5.41) is 22.1. The highest BCUT2D eigenvalue weighted by molar-refractivity contribution is 5.85. The Balaban J connectivity index is 2.28. The van der Waals surface area contributed by atoms with Crippen LogP contribution in [0.1, 0.15) is 18.6 Å². The van der Waals surface area contributed by atoms with Crippen molar-refractivity contribution >= 4 is 11.6 Å². The molecule has 0 bridgehead atoms. The second-order valence-corrected chi connectivity index (χ2v) is 4.82. The number of phenols is 1. The van der Waals surface area contributed by atoms with Crippen LogP contribution in [-0.2, 0) is 9.53 Å². The van der Waals surface area contributed by atoms with Crippen LogP contribution < -0.4 is 10.2 Å². The summed E-state index contributed by atoms with van der Waals surface area (Å²) in [4.78, 5) is 13.8. The maximum Gasteiger partial charge on any atom is 0.244 e. The molecule has 110 valence electrons. The van der Waals surface area contributed by atoms with Crippen LogP contribution in [0, 0.1) is 0 Å². The number of carbonyl (C=O) groups excluding carboxylic acids is 1. The molecule has 0 saturated carbocycles. The lowest BCUT2D eigenvalue weighted by molar-refractivity contribution is -0.124. The molecule has 1 amide bonds. The first kappa shape index (κ1) is 14.6. The van der Waals surface area contributed by atoms with E-state index in [1.54, 1.807) is 32.2 Å². The molecule has 1 aliphatic rings. The lowest BCUT2D eigenvalue weighted by Gasteiger charge is -2.36. The Bertz CT molecular complexity index is 490. The van der Waals surface area contributed by atoms with Crippen molar-refractivity contribution in [3.63, 3.8) is 0 Å². The van der Waals surface area contributed by atoms with Crippen molar-refractivity contribution < 1.29 is 19.7 Å². The molecule has 1 aromatic rings. The number of rotatable bonds is 3. The van der Waals surface area contributed by atoms with Gasteiger partial charge in [0.25, 0.3) is 0 Å². The van der Waals surface area contributed by atoms with Gasteiger partial charge in [-0.3, -0.25) is 4.79 Å². The maximum atomic E-state index is 11.9. The number of benzene rings is 1. The van der Waals surface area contributed by atoms with Crippen LogP contribution in [-0.4, -0.2) is 49.0 Å². The summed E-state index contributed by atoms with van der Waals surface area (Å²) in [6.07, 6.45) is -0.733. The second-order valence-electron chi connectivity index (χ2n) is 4.82. The first-order valence-corrected chi connectivity index (χ1v) is 6.61. The van der Waals surface area contributed by atoms with Crippen molar-refractivity contribution in [1.82, 2.24) is 5.32 Å². The second kappa shape index (κ2) is 6.11. The molecule has 1 aromatic carbocycles. The van der Waals surface area contributed by atoms with E-state index in [9.17, 15) is 15.0 Å². The van der Waals surface area contributed by atoms with Crippen molar-refractivity contribution in [3.8, 4) is 5.75 Å². The normalized spacial score (nSPS) is 20.6. The molecule has 0 aliphatic carbocycles. The third kappa shape index (κ3) is 2.86. The fraction of sp³-hybridized carbons (Fsp3) is 0.500. The van der Waals surface area contributed by atoms with E-state index in [1.165, 1.54) is 0 Å². The van der Waals surface area contributed by atoms with Crippen LogP contribution in [0.15, 0.2) is 18.2 Å². The number of likely N-dealkylation sites (N-methyl/N-ethyl adjacent to an activating group) is 1. The molecule has 0 spiro atoms. The van der Waals surface area contributed by atoms with E-state index in [-0.39, 0.29) is 11.7 Å². The third-order valence-electron chi connectivity index (χ3n) is 3.47. The number of nitrogens with zero attached hydrogens (tertiary/aromatic N) is 1. The smallest absolute Gasteiger partial charge is 0.244 e. The van der Waals surface area contributed by atoms with Crippen molar-refractivity contribution in [2.24, 2.45) is 0 Å². The van der Waals surface area contributed by atoms with Gasteiger partial charge in [0, 0.05) is 30.9 Å². The highest BCUT2D eigenvalue weighted by atomic mass is 16.5. The molecule has 6 heteroatoms. The molecule has 2 atom stereocenters. The molecule has 1 fully saturated rings. The molecule has 1 saturated heterocycles. The van der Waals surface area contributed by atoms with Crippen LogP contribution in [0.5, 0.6) is 5.75 Å². The Hall–Kier alpha value is -1.79. The molecule has 1 aliphatic heterocycles. The van der Waals surface area contributed by atoms with Gasteiger partial charge < -0.3 is 25.2 Å². The predicted molar refractivity (Wildman–Crippen MR) is 74.8 cm³/mol. The number of phenolic OH excluding ortho intramolecular Hbond substituents is 1. The number of carbonyl (C=O) groups is 1. The van der Waals surface area contributed by atoms with Crippen molar-refractivity contribution in [1.29, 1.82) is 0 Å². The average Bonchev–Trinajstić information content (AvgIpc) is 2.46. The minimum absolute atomic E-state index is 0.0275. The molecule has 3 N–H and O–H groups in total. The summed E-state index contributed by atoms with van der Waals surface area (Å²) >= 11 is 0. The fourth-order valence-electron chi connectivity index (χ4n) is 2.36. The van der Waals surface area contributed by atoms with E-state index >= 15 is 0 Å². The molecule has 1 heterocycles. The summed E-state index contributed by atoms with van der Waals surface area (Å²) < 4.78 is 5.34. The van der Waals surface area contributed by atoms with E-state index < -0.39 is 12.1 Å². The van der Waals surface area contributed by atoms with Gasteiger partial charge >= 0.3 is 0 Å². The van der Waals surface area contributed by atoms with Gasteiger partial charge in [-0.25, -0.2) is 0 Å². The Morgan fingerprint density at radius 1 is 1.55 bits per heavy atom. The summed E-state index contributed by atoms with van der Waals surface area (Å²) in [5.74, 6) is -0.0940. The number of amides is 1. The molecule has 6 nitrogen and oxygen atoms in total. The highest BCUT2D eigenvalue weighted by Crippen LogP contribution is 2.30. The largest absolute Gasteiger partial charge is 0.507 e. The number of aliphatic hydroxyl groups is 1. The van der Waals surface area contributed by atoms with E-state index in [0.29, 0.717) is 25.3 Å². The SMILES string of the molecule is CNC(=O)C1COCCN1c1ccc(C(C)O)c(O)c1. The summed E-state index contributed by atoms with van der Waals surface area (Å²) in [7, 11) is 1.59.